The second-order valence-electron chi connectivity index (χ2n) is 7.71. The highest BCUT2D eigenvalue weighted by Crippen LogP contribution is 2.41. The highest BCUT2D eigenvalue weighted by Gasteiger charge is 2.53. The van der Waals surface area contributed by atoms with Crippen molar-refractivity contribution in [3.05, 3.63) is 65.5 Å². The third kappa shape index (κ3) is 3.92. The van der Waals surface area contributed by atoms with Crippen LogP contribution in [0.1, 0.15) is 48.0 Å². The van der Waals surface area contributed by atoms with Crippen molar-refractivity contribution >= 4 is 11.8 Å². The van der Waals surface area contributed by atoms with Crippen LogP contribution in [0.4, 0.5) is 8.78 Å². The predicted molar refractivity (Wildman–Crippen MR) is 104 cm³/mol. The van der Waals surface area contributed by atoms with Crippen molar-refractivity contribution in [3.63, 3.8) is 0 Å². The van der Waals surface area contributed by atoms with Gasteiger partial charge in [0.1, 0.15) is 23.4 Å². The van der Waals surface area contributed by atoms with Crippen molar-refractivity contribution in [1.29, 1.82) is 0 Å². The van der Waals surface area contributed by atoms with Crippen molar-refractivity contribution in [2.24, 2.45) is 0 Å². The van der Waals surface area contributed by atoms with Crippen LogP contribution < -0.4 is 5.32 Å². The summed E-state index contributed by atoms with van der Waals surface area (Å²) in [5.74, 6) is -2.75. The average Bonchev–Trinajstić information content (AvgIpc) is 3.11. The Balaban J connectivity index is 1.60. The van der Waals surface area contributed by atoms with E-state index >= 15 is 0 Å². The van der Waals surface area contributed by atoms with Crippen LogP contribution >= 0.6 is 0 Å². The van der Waals surface area contributed by atoms with Gasteiger partial charge in [-0.2, -0.15) is 0 Å². The SMILES string of the molecule is O=C(NCc1cccnc1)[C@H]1COC2(CCCCC2)N1C(=O)c1ccc(F)cc1F. The molecule has 1 aromatic carbocycles. The van der Waals surface area contributed by atoms with Gasteiger partial charge in [0.15, 0.2) is 0 Å². The summed E-state index contributed by atoms with van der Waals surface area (Å²) in [6.07, 6.45) is 7.14. The van der Waals surface area contributed by atoms with E-state index in [-0.39, 0.29) is 24.6 Å². The molecular weight excluding hydrogens is 392 g/mol. The molecule has 1 aromatic heterocycles. The number of carbonyl (C=O) groups is 2. The maximum absolute atomic E-state index is 14.4. The Bertz CT molecular complexity index is 932. The van der Waals surface area contributed by atoms with Crippen molar-refractivity contribution in [2.45, 2.75) is 50.4 Å². The van der Waals surface area contributed by atoms with Gasteiger partial charge in [-0.15, -0.1) is 0 Å². The molecular formula is C22H23F2N3O3. The first-order valence-corrected chi connectivity index (χ1v) is 10.1. The number of hydrogen-bond donors (Lipinski definition) is 1. The van der Waals surface area contributed by atoms with E-state index in [0.29, 0.717) is 18.9 Å². The first-order valence-electron chi connectivity index (χ1n) is 10.1. The fraction of sp³-hybridized carbons (Fsp3) is 0.409. The molecule has 2 heterocycles. The van der Waals surface area contributed by atoms with Crippen molar-refractivity contribution in [1.82, 2.24) is 15.2 Å². The van der Waals surface area contributed by atoms with E-state index < -0.39 is 29.3 Å². The molecule has 2 amide bonds. The second kappa shape index (κ2) is 8.47. The Morgan fingerprint density at radius 2 is 2.00 bits per heavy atom. The van der Waals surface area contributed by atoms with Crippen LogP contribution in [-0.4, -0.2) is 40.1 Å². The van der Waals surface area contributed by atoms with Gasteiger partial charge < -0.3 is 10.1 Å². The van der Waals surface area contributed by atoms with E-state index in [4.69, 9.17) is 4.74 Å². The molecule has 0 unspecified atom stereocenters. The number of rotatable bonds is 4. The number of carbonyl (C=O) groups excluding carboxylic acids is 2. The number of pyridine rings is 1. The first-order chi connectivity index (χ1) is 14.5. The van der Waals surface area contributed by atoms with Crippen LogP contribution in [0.3, 0.4) is 0 Å². The summed E-state index contributed by atoms with van der Waals surface area (Å²) >= 11 is 0. The zero-order valence-corrected chi connectivity index (χ0v) is 16.4. The van der Waals surface area contributed by atoms with Crippen LogP contribution in [0.5, 0.6) is 0 Å². The molecule has 0 radical (unpaired) electrons. The van der Waals surface area contributed by atoms with E-state index in [1.54, 1.807) is 18.5 Å². The zero-order valence-electron chi connectivity index (χ0n) is 16.4. The Morgan fingerprint density at radius 3 is 2.70 bits per heavy atom. The molecule has 158 valence electrons. The van der Waals surface area contributed by atoms with Crippen molar-refractivity contribution in [3.8, 4) is 0 Å². The lowest BCUT2D eigenvalue weighted by Gasteiger charge is -2.41. The van der Waals surface area contributed by atoms with Crippen LogP contribution in [0.15, 0.2) is 42.7 Å². The molecule has 30 heavy (non-hydrogen) atoms. The summed E-state index contributed by atoms with van der Waals surface area (Å²) < 4.78 is 33.7. The summed E-state index contributed by atoms with van der Waals surface area (Å²) in [4.78, 5) is 31.7. The fourth-order valence-corrected chi connectivity index (χ4v) is 4.27. The van der Waals surface area contributed by atoms with E-state index in [1.807, 2.05) is 6.07 Å². The molecule has 1 N–H and O–H groups in total. The topological polar surface area (TPSA) is 71.5 Å². The van der Waals surface area contributed by atoms with Gasteiger partial charge in [-0.3, -0.25) is 19.5 Å². The summed E-state index contributed by atoms with van der Waals surface area (Å²) in [6.45, 7) is 0.288. The summed E-state index contributed by atoms with van der Waals surface area (Å²) in [5, 5.41) is 2.82. The maximum Gasteiger partial charge on any atom is 0.259 e. The number of benzene rings is 1. The van der Waals surface area contributed by atoms with E-state index in [1.165, 1.54) is 4.90 Å². The monoisotopic (exact) mass is 415 g/mol. The maximum atomic E-state index is 14.4. The number of halogens is 2. The standard InChI is InChI=1S/C22H23F2N3O3/c23-16-6-7-17(18(24)11-16)21(29)27-19(14-30-22(27)8-2-1-3-9-22)20(28)26-13-15-5-4-10-25-12-15/h4-7,10-12,19H,1-3,8-9,13-14H2,(H,26,28)/t19-/m1/s1. The van der Waals surface area contributed by atoms with E-state index in [0.717, 1.165) is 37.0 Å². The fourth-order valence-electron chi connectivity index (χ4n) is 4.27. The van der Waals surface area contributed by atoms with Gasteiger partial charge >= 0.3 is 0 Å². The minimum Gasteiger partial charge on any atom is -0.353 e. The van der Waals surface area contributed by atoms with Crippen LogP contribution in [0, 0.1) is 11.6 Å². The lowest BCUT2D eigenvalue weighted by molar-refractivity contribution is -0.127. The van der Waals surface area contributed by atoms with E-state index in [2.05, 4.69) is 10.3 Å². The zero-order chi connectivity index (χ0) is 21.1. The van der Waals surface area contributed by atoms with Crippen LogP contribution in [-0.2, 0) is 16.1 Å². The Labute approximate surface area is 173 Å². The number of nitrogens with one attached hydrogen (secondary N) is 1. The van der Waals surface area contributed by atoms with Crippen molar-refractivity contribution < 1.29 is 23.1 Å². The molecule has 2 aliphatic rings. The lowest BCUT2D eigenvalue weighted by atomic mass is 9.89. The first kappa shape index (κ1) is 20.4. The smallest absolute Gasteiger partial charge is 0.259 e. The third-order valence-electron chi connectivity index (χ3n) is 5.77. The number of ether oxygens (including phenoxy) is 1. The van der Waals surface area contributed by atoms with Gasteiger partial charge in [0.25, 0.3) is 5.91 Å². The Morgan fingerprint density at radius 1 is 1.20 bits per heavy atom. The van der Waals surface area contributed by atoms with Crippen LogP contribution in [0.25, 0.3) is 0 Å². The quantitative estimate of drug-likeness (QED) is 0.833. The van der Waals surface area contributed by atoms with Crippen LogP contribution in [0.2, 0.25) is 0 Å². The molecule has 1 aliphatic carbocycles. The molecule has 0 bridgehead atoms. The molecule has 1 aliphatic heterocycles. The van der Waals surface area contributed by atoms with Gasteiger partial charge in [-0.25, -0.2) is 8.78 Å². The molecule has 1 saturated heterocycles. The minimum absolute atomic E-state index is 0.0351. The molecule has 1 saturated carbocycles. The predicted octanol–water partition coefficient (Wildman–Crippen LogP) is 3.18. The van der Waals surface area contributed by atoms with Gasteiger partial charge in [0, 0.05) is 25.0 Å². The summed E-state index contributed by atoms with van der Waals surface area (Å²) in [6, 6.07) is 5.54. The highest BCUT2D eigenvalue weighted by atomic mass is 19.1. The molecule has 1 spiro atoms. The lowest BCUT2D eigenvalue weighted by Crippen LogP contribution is -2.56. The number of nitrogens with zero attached hydrogens (tertiary/aromatic N) is 2. The van der Waals surface area contributed by atoms with E-state index in [9.17, 15) is 18.4 Å². The van der Waals surface area contributed by atoms with Gasteiger partial charge in [-0.1, -0.05) is 12.5 Å². The molecule has 2 fully saturated rings. The number of hydrogen-bond acceptors (Lipinski definition) is 4. The summed E-state index contributed by atoms with van der Waals surface area (Å²) in [5.41, 5.74) is -0.386. The number of aromatic nitrogens is 1. The largest absolute Gasteiger partial charge is 0.353 e. The molecule has 6 nitrogen and oxygen atoms in total. The Kier molecular flexibility index (Phi) is 5.76. The summed E-state index contributed by atoms with van der Waals surface area (Å²) in [7, 11) is 0. The Hall–Kier alpha value is -2.87. The normalized spacial score (nSPS) is 20.3. The molecule has 1 atom stereocenters. The third-order valence-corrected chi connectivity index (χ3v) is 5.77. The highest BCUT2D eigenvalue weighted by molar-refractivity contribution is 5.98. The molecule has 8 heteroatoms. The van der Waals surface area contributed by atoms with Gasteiger partial charge in [0.2, 0.25) is 5.91 Å². The molecule has 2 aromatic rings. The van der Waals surface area contributed by atoms with Crippen molar-refractivity contribution in [2.75, 3.05) is 6.61 Å². The van der Waals surface area contributed by atoms with Gasteiger partial charge in [-0.05, 0) is 49.4 Å². The molecule has 4 rings (SSSR count). The average molecular weight is 415 g/mol. The minimum atomic E-state index is -0.952. The van der Waals surface area contributed by atoms with Gasteiger partial charge in [0.05, 0.1) is 12.2 Å². The second-order valence-corrected chi connectivity index (χ2v) is 7.71. The number of amides is 2.